The van der Waals surface area contributed by atoms with E-state index in [2.05, 4.69) is 15.8 Å². The van der Waals surface area contributed by atoms with Gasteiger partial charge < -0.3 is 15.2 Å². The molecule has 0 aliphatic heterocycles. The summed E-state index contributed by atoms with van der Waals surface area (Å²) in [6, 6.07) is 24.3. The van der Waals surface area contributed by atoms with Crippen molar-refractivity contribution in [2.24, 2.45) is 5.10 Å². The van der Waals surface area contributed by atoms with Crippen molar-refractivity contribution in [2.45, 2.75) is 0 Å². The van der Waals surface area contributed by atoms with Gasteiger partial charge >= 0.3 is 0 Å². The van der Waals surface area contributed by atoms with E-state index in [0.29, 0.717) is 22.0 Å². The minimum absolute atomic E-state index is 0.119. The number of nitrogens with zero attached hydrogens (tertiary/aromatic N) is 1. The van der Waals surface area contributed by atoms with Gasteiger partial charge in [-0.25, -0.2) is 5.43 Å². The molecular formula is C26H20ClN3O4. The van der Waals surface area contributed by atoms with Crippen molar-refractivity contribution in [3.63, 3.8) is 0 Å². The highest BCUT2D eigenvalue weighted by molar-refractivity contribution is 6.33. The number of carbonyl (C=O) groups excluding carboxylic acids is 2. The van der Waals surface area contributed by atoms with Crippen LogP contribution in [0.3, 0.4) is 0 Å². The van der Waals surface area contributed by atoms with Crippen LogP contribution in [0.2, 0.25) is 5.02 Å². The molecule has 0 bridgehead atoms. The number of benzene rings is 4. The number of amides is 2. The Morgan fingerprint density at radius 1 is 0.941 bits per heavy atom. The van der Waals surface area contributed by atoms with E-state index in [1.165, 1.54) is 6.21 Å². The van der Waals surface area contributed by atoms with Gasteiger partial charge in [-0.05, 0) is 64.9 Å². The van der Waals surface area contributed by atoms with Gasteiger partial charge in [0.05, 0.1) is 22.5 Å². The van der Waals surface area contributed by atoms with Crippen molar-refractivity contribution in [2.75, 3.05) is 11.9 Å². The summed E-state index contributed by atoms with van der Waals surface area (Å²) >= 11 is 6.02. The van der Waals surface area contributed by atoms with Gasteiger partial charge in [-0.3, -0.25) is 9.59 Å². The summed E-state index contributed by atoms with van der Waals surface area (Å²) < 4.78 is 5.49. The number of rotatable bonds is 7. The van der Waals surface area contributed by atoms with E-state index in [1.54, 1.807) is 60.7 Å². The molecule has 170 valence electrons. The SMILES string of the molecule is O=C(COc1ccc(/C=N\NC(=O)c2cc3ccccc3cc2O)cc1)Nc1ccccc1Cl. The van der Waals surface area contributed by atoms with Crippen LogP contribution in [0.25, 0.3) is 10.8 Å². The van der Waals surface area contributed by atoms with Crippen LogP contribution in [0, 0.1) is 0 Å². The summed E-state index contributed by atoms with van der Waals surface area (Å²) in [6.07, 6.45) is 1.46. The molecule has 4 rings (SSSR count). The lowest BCUT2D eigenvalue weighted by Crippen LogP contribution is -2.20. The second kappa shape index (κ2) is 10.5. The number of anilines is 1. The van der Waals surface area contributed by atoms with Gasteiger partial charge in [0.2, 0.25) is 0 Å². The number of hydrogen-bond acceptors (Lipinski definition) is 5. The fourth-order valence-corrected chi connectivity index (χ4v) is 3.37. The Balaban J connectivity index is 1.30. The molecule has 0 saturated carbocycles. The van der Waals surface area contributed by atoms with Crippen LogP contribution in [-0.4, -0.2) is 29.7 Å². The smallest absolute Gasteiger partial charge is 0.275 e. The van der Waals surface area contributed by atoms with Crippen molar-refractivity contribution >= 4 is 46.1 Å². The first-order valence-electron chi connectivity index (χ1n) is 10.3. The number of phenolic OH excluding ortho intramolecular Hbond substituents is 1. The van der Waals surface area contributed by atoms with Gasteiger partial charge in [0.25, 0.3) is 11.8 Å². The van der Waals surface area contributed by atoms with Crippen LogP contribution >= 0.6 is 11.6 Å². The van der Waals surface area contributed by atoms with Gasteiger partial charge in [-0.1, -0.05) is 48.0 Å². The van der Waals surface area contributed by atoms with E-state index >= 15 is 0 Å². The molecule has 34 heavy (non-hydrogen) atoms. The van der Waals surface area contributed by atoms with Crippen LogP contribution in [0.1, 0.15) is 15.9 Å². The Bertz CT molecular complexity index is 1370. The van der Waals surface area contributed by atoms with Crippen molar-refractivity contribution < 1.29 is 19.4 Å². The zero-order chi connectivity index (χ0) is 23.9. The first-order valence-corrected chi connectivity index (χ1v) is 10.7. The van der Waals surface area contributed by atoms with E-state index in [-0.39, 0.29) is 23.8 Å². The Hall–Kier alpha value is -4.36. The van der Waals surface area contributed by atoms with Crippen LogP contribution in [-0.2, 0) is 4.79 Å². The maximum Gasteiger partial charge on any atom is 0.275 e. The Labute approximate surface area is 200 Å². The largest absolute Gasteiger partial charge is 0.507 e. The second-order valence-electron chi connectivity index (χ2n) is 7.30. The lowest BCUT2D eigenvalue weighted by atomic mass is 10.1. The molecule has 0 radical (unpaired) electrons. The molecule has 4 aromatic rings. The molecule has 0 spiro atoms. The molecule has 0 saturated heterocycles. The third-order valence-corrected chi connectivity index (χ3v) is 5.22. The average Bonchev–Trinajstić information content (AvgIpc) is 2.84. The normalized spacial score (nSPS) is 10.9. The maximum absolute atomic E-state index is 12.4. The zero-order valence-electron chi connectivity index (χ0n) is 17.9. The number of aromatic hydroxyl groups is 1. The topological polar surface area (TPSA) is 100 Å². The van der Waals surface area contributed by atoms with Gasteiger partial charge in [0.1, 0.15) is 11.5 Å². The number of nitrogens with one attached hydrogen (secondary N) is 2. The first kappa shape index (κ1) is 22.8. The summed E-state index contributed by atoms with van der Waals surface area (Å²) in [5.41, 5.74) is 3.77. The van der Waals surface area contributed by atoms with Crippen LogP contribution in [0.4, 0.5) is 5.69 Å². The van der Waals surface area contributed by atoms with E-state index < -0.39 is 5.91 Å². The summed E-state index contributed by atoms with van der Waals surface area (Å²) in [6.45, 7) is -0.177. The highest BCUT2D eigenvalue weighted by Crippen LogP contribution is 2.25. The average molecular weight is 474 g/mol. The molecule has 0 unspecified atom stereocenters. The van der Waals surface area contributed by atoms with Crippen molar-refractivity contribution in [3.05, 3.63) is 101 Å². The number of fused-ring (bicyclic) bond motifs is 1. The minimum Gasteiger partial charge on any atom is -0.507 e. The Morgan fingerprint density at radius 3 is 2.35 bits per heavy atom. The molecule has 0 atom stereocenters. The Morgan fingerprint density at radius 2 is 1.62 bits per heavy atom. The number of hydrogen-bond donors (Lipinski definition) is 3. The fourth-order valence-electron chi connectivity index (χ4n) is 3.18. The third-order valence-electron chi connectivity index (χ3n) is 4.89. The number of ether oxygens (including phenoxy) is 1. The van der Waals surface area contributed by atoms with Crippen molar-refractivity contribution in [1.82, 2.24) is 5.43 Å². The maximum atomic E-state index is 12.4. The van der Waals surface area contributed by atoms with Gasteiger partial charge in [0, 0.05) is 0 Å². The minimum atomic E-state index is -0.524. The molecule has 0 fully saturated rings. The fraction of sp³-hybridized carbons (Fsp3) is 0.0385. The molecule has 8 heteroatoms. The number of carbonyl (C=O) groups is 2. The van der Waals surface area contributed by atoms with E-state index in [0.717, 1.165) is 10.8 Å². The summed E-state index contributed by atoms with van der Waals surface area (Å²) in [5.74, 6) is -0.481. The van der Waals surface area contributed by atoms with Gasteiger partial charge in [-0.2, -0.15) is 5.10 Å². The molecule has 3 N–H and O–H groups in total. The molecule has 4 aromatic carbocycles. The summed E-state index contributed by atoms with van der Waals surface area (Å²) in [5, 5.41) is 18.9. The molecule has 0 aliphatic rings. The third kappa shape index (κ3) is 5.70. The summed E-state index contributed by atoms with van der Waals surface area (Å²) in [7, 11) is 0. The van der Waals surface area contributed by atoms with E-state index in [9.17, 15) is 14.7 Å². The lowest BCUT2D eigenvalue weighted by molar-refractivity contribution is -0.118. The standard InChI is InChI=1S/C26H20ClN3O4/c27-22-7-3-4-8-23(22)29-25(32)16-34-20-11-9-17(10-12-20)15-28-30-26(33)21-13-18-5-1-2-6-19(18)14-24(21)31/h1-15,31H,16H2,(H,29,32)(H,30,33)/b28-15-. The molecule has 0 heterocycles. The summed E-state index contributed by atoms with van der Waals surface area (Å²) in [4.78, 5) is 24.5. The predicted octanol–water partition coefficient (Wildman–Crippen LogP) is 4.98. The van der Waals surface area contributed by atoms with Crippen LogP contribution in [0.15, 0.2) is 90.0 Å². The quantitative estimate of drug-likeness (QED) is 0.260. The molecule has 7 nitrogen and oxygen atoms in total. The Kier molecular flexibility index (Phi) is 7.05. The number of phenols is 1. The van der Waals surface area contributed by atoms with Crippen LogP contribution in [0.5, 0.6) is 11.5 Å². The number of hydrazone groups is 1. The molecule has 0 aliphatic carbocycles. The number of halogens is 1. The van der Waals surface area contributed by atoms with E-state index in [1.807, 2.05) is 24.3 Å². The first-order chi connectivity index (χ1) is 16.5. The van der Waals surface area contributed by atoms with Crippen LogP contribution < -0.4 is 15.5 Å². The monoisotopic (exact) mass is 473 g/mol. The highest BCUT2D eigenvalue weighted by Gasteiger charge is 2.12. The van der Waals surface area contributed by atoms with Crippen molar-refractivity contribution in [3.8, 4) is 11.5 Å². The lowest BCUT2D eigenvalue weighted by Gasteiger charge is -2.08. The van der Waals surface area contributed by atoms with Gasteiger partial charge in [0.15, 0.2) is 6.61 Å². The molecular weight excluding hydrogens is 454 g/mol. The van der Waals surface area contributed by atoms with Gasteiger partial charge in [-0.15, -0.1) is 0 Å². The highest BCUT2D eigenvalue weighted by atomic mass is 35.5. The molecule has 2 amide bonds. The molecule has 0 aromatic heterocycles. The second-order valence-corrected chi connectivity index (χ2v) is 7.71. The zero-order valence-corrected chi connectivity index (χ0v) is 18.6. The van der Waals surface area contributed by atoms with E-state index in [4.69, 9.17) is 16.3 Å². The predicted molar refractivity (Wildman–Crippen MR) is 133 cm³/mol. The number of para-hydroxylation sites is 1. The van der Waals surface area contributed by atoms with Crippen molar-refractivity contribution in [1.29, 1.82) is 0 Å².